The standard InChI is InChI=1S/C22H21N3O4S/c26-30(27,21-7-3-5-15-4-1-2-6-18(15)21)22-19-14-17(8-9-20(19)24-25-22)29-28-16-10-12-23-13-11-16/h1-9,14,16,23H,10-13H2,(H,24,25). The third-order valence-electron chi connectivity index (χ3n) is 5.37. The van der Waals surface area contributed by atoms with Gasteiger partial charge in [0, 0.05) is 10.8 Å². The highest BCUT2D eigenvalue weighted by atomic mass is 32.2. The van der Waals surface area contributed by atoms with Crippen LogP contribution in [0.2, 0.25) is 0 Å². The molecule has 0 aliphatic carbocycles. The summed E-state index contributed by atoms with van der Waals surface area (Å²) >= 11 is 0. The number of H-pyrrole nitrogens is 1. The molecule has 0 spiro atoms. The number of nitrogens with one attached hydrogen (secondary N) is 2. The fourth-order valence-electron chi connectivity index (χ4n) is 3.78. The predicted molar refractivity (Wildman–Crippen MR) is 113 cm³/mol. The maximum atomic E-state index is 13.5. The van der Waals surface area contributed by atoms with Crippen molar-refractivity contribution >= 4 is 31.5 Å². The largest absolute Gasteiger partial charge is 0.337 e. The number of hydrogen-bond donors (Lipinski definition) is 2. The summed E-state index contributed by atoms with van der Waals surface area (Å²) in [4.78, 5) is 11.3. The van der Waals surface area contributed by atoms with Crippen LogP contribution in [0.1, 0.15) is 12.8 Å². The molecule has 154 valence electrons. The highest BCUT2D eigenvalue weighted by Crippen LogP contribution is 2.32. The van der Waals surface area contributed by atoms with Gasteiger partial charge < -0.3 is 10.2 Å². The normalized spacial score (nSPS) is 15.6. The summed E-state index contributed by atoms with van der Waals surface area (Å²) in [7, 11) is -3.82. The molecular weight excluding hydrogens is 402 g/mol. The molecule has 7 nitrogen and oxygen atoms in total. The van der Waals surface area contributed by atoms with Crippen molar-refractivity contribution in [3.63, 3.8) is 0 Å². The number of rotatable bonds is 5. The highest BCUT2D eigenvalue weighted by Gasteiger charge is 2.25. The molecule has 0 saturated carbocycles. The first kappa shape index (κ1) is 19.0. The third-order valence-corrected chi connectivity index (χ3v) is 7.15. The minimum absolute atomic E-state index is 0.0187. The van der Waals surface area contributed by atoms with E-state index in [4.69, 9.17) is 9.78 Å². The van der Waals surface area contributed by atoms with E-state index in [9.17, 15) is 8.42 Å². The van der Waals surface area contributed by atoms with Crippen LogP contribution < -0.4 is 10.2 Å². The number of piperidine rings is 1. The van der Waals surface area contributed by atoms with Gasteiger partial charge in [0.15, 0.2) is 10.8 Å². The Morgan fingerprint density at radius 2 is 1.73 bits per heavy atom. The van der Waals surface area contributed by atoms with E-state index in [-0.39, 0.29) is 16.0 Å². The second-order valence-electron chi connectivity index (χ2n) is 7.34. The van der Waals surface area contributed by atoms with Gasteiger partial charge in [-0.15, -0.1) is 0 Å². The maximum absolute atomic E-state index is 13.5. The predicted octanol–water partition coefficient (Wildman–Crippen LogP) is 3.61. The van der Waals surface area contributed by atoms with Crippen LogP contribution in [0.25, 0.3) is 21.7 Å². The second-order valence-corrected chi connectivity index (χ2v) is 9.20. The van der Waals surface area contributed by atoms with Gasteiger partial charge in [-0.2, -0.15) is 9.99 Å². The fraction of sp³-hybridized carbons (Fsp3) is 0.227. The lowest BCUT2D eigenvalue weighted by Crippen LogP contribution is -2.33. The van der Waals surface area contributed by atoms with E-state index in [0.29, 0.717) is 22.0 Å². The summed E-state index contributed by atoms with van der Waals surface area (Å²) in [5.41, 5.74) is 0.544. The van der Waals surface area contributed by atoms with Crippen LogP contribution >= 0.6 is 0 Å². The number of aromatic amines is 1. The third kappa shape index (κ3) is 3.43. The highest BCUT2D eigenvalue weighted by molar-refractivity contribution is 7.91. The molecule has 0 unspecified atom stereocenters. The molecule has 1 aliphatic heterocycles. The molecule has 2 heterocycles. The molecule has 0 bridgehead atoms. The summed E-state index contributed by atoms with van der Waals surface area (Å²) in [6.45, 7) is 1.78. The number of aromatic nitrogens is 2. The van der Waals surface area contributed by atoms with Crippen molar-refractivity contribution in [2.75, 3.05) is 13.1 Å². The number of benzene rings is 3. The summed E-state index contributed by atoms with van der Waals surface area (Å²) in [5, 5.41) is 12.2. The maximum Gasteiger partial charge on any atom is 0.224 e. The molecule has 8 heteroatoms. The number of hydrogen-bond acceptors (Lipinski definition) is 6. The Kier molecular flexibility index (Phi) is 4.90. The molecule has 0 radical (unpaired) electrons. The van der Waals surface area contributed by atoms with E-state index in [1.807, 2.05) is 30.3 Å². The zero-order chi connectivity index (χ0) is 20.6. The van der Waals surface area contributed by atoms with Gasteiger partial charge in [-0.25, -0.2) is 8.42 Å². The molecule has 3 aromatic carbocycles. The first-order valence-corrected chi connectivity index (χ1v) is 11.4. The molecule has 1 aliphatic rings. The molecular formula is C22H21N3O4S. The number of fused-ring (bicyclic) bond motifs is 2. The summed E-state index contributed by atoms with van der Waals surface area (Å²) in [5.74, 6) is 0.441. The van der Waals surface area contributed by atoms with E-state index in [2.05, 4.69) is 15.5 Å². The Bertz CT molecular complexity index is 1310. The Hall–Kier alpha value is -2.94. The lowest BCUT2D eigenvalue weighted by Gasteiger charge is -2.21. The van der Waals surface area contributed by atoms with Crippen LogP contribution in [-0.2, 0) is 14.7 Å². The molecule has 1 saturated heterocycles. The first-order chi connectivity index (χ1) is 14.6. The summed E-state index contributed by atoms with van der Waals surface area (Å²) < 4.78 is 27.0. The average Bonchev–Trinajstić information content (AvgIpc) is 3.22. The first-order valence-electron chi connectivity index (χ1n) is 9.88. The van der Waals surface area contributed by atoms with E-state index in [1.54, 1.807) is 30.3 Å². The van der Waals surface area contributed by atoms with E-state index < -0.39 is 9.84 Å². The Morgan fingerprint density at radius 3 is 2.60 bits per heavy atom. The Morgan fingerprint density at radius 1 is 0.933 bits per heavy atom. The quantitative estimate of drug-likeness (QED) is 0.376. The number of sulfone groups is 1. The van der Waals surface area contributed by atoms with Crippen molar-refractivity contribution in [2.45, 2.75) is 28.9 Å². The van der Waals surface area contributed by atoms with Gasteiger partial charge in [0.25, 0.3) is 0 Å². The van der Waals surface area contributed by atoms with Crippen LogP contribution in [0.15, 0.2) is 70.6 Å². The lowest BCUT2D eigenvalue weighted by atomic mass is 10.1. The zero-order valence-electron chi connectivity index (χ0n) is 16.2. The Balaban J connectivity index is 1.51. The molecule has 0 amide bonds. The van der Waals surface area contributed by atoms with Gasteiger partial charge in [-0.1, -0.05) is 36.4 Å². The van der Waals surface area contributed by atoms with Crippen molar-refractivity contribution < 1.29 is 18.2 Å². The van der Waals surface area contributed by atoms with Gasteiger partial charge in [-0.05, 0) is 55.6 Å². The smallest absolute Gasteiger partial charge is 0.224 e. The van der Waals surface area contributed by atoms with Gasteiger partial charge in [0.2, 0.25) is 9.84 Å². The van der Waals surface area contributed by atoms with Gasteiger partial charge in [-0.3, -0.25) is 5.10 Å². The van der Waals surface area contributed by atoms with Crippen LogP contribution in [-0.4, -0.2) is 37.8 Å². The van der Waals surface area contributed by atoms with Crippen LogP contribution in [0, 0.1) is 0 Å². The van der Waals surface area contributed by atoms with E-state index >= 15 is 0 Å². The molecule has 2 N–H and O–H groups in total. The van der Waals surface area contributed by atoms with Gasteiger partial charge in [0.05, 0.1) is 10.4 Å². The van der Waals surface area contributed by atoms with Crippen molar-refractivity contribution in [1.29, 1.82) is 0 Å². The average molecular weight is 423 g/mol. The van der Waals surface area contributed by atoms with Crippen LogP contribution in [0.4, 0.5) is 0 Å². The monoisotopic (exact) mass is 423 g/mol. The molecule has 5 rings (SSSR count). The minimum Gasteiger partial charge on any atom is -0.337 e. The van der Waals surface area contributed by atoms with E-state index in [1.165, 1.54) is 0 Å². The molecule has 1 fully saturated rings. The molecule has 30 heavy (non-hydrogen) atoms. The van der Waals surface area contributed by atoms with Crippen molar-refractivity contribution in [3.05, 3.63) is 60.7 Å². The summed E-state index contributed by atoms with van der Waals surface area (Å²) in [6, 6.07) is 17.8. The van der Waals surface area contributed by atoms with Gasteiger partial charge in [0.1, 0.15) is 6.10 Å². The minimum atomic E-state index is -3.82. The fourth-order valence-corrected chi connectivity index (χ4v) is 5.35. The second kappa shape index (κ2) is 7.71. The lowest BCUT2D eigenvalue weighted by molar-refractivity contribution is -0.249. The van der Waals surface area contributed by atoms with Crippen molar-refractivity contribution in [2.24, 2.45) is 0 Å². The van der Waals surface area contributed by atoms with Crippen molar-refractivity contribution in [1.82, 2.24) is 15.5 Å². The van der Waals surface area contributed by atoms with Crippen LogP contribution in [0.3, 0.4) is 0 Å². The zero-order valence-corrected chi connectivity index (χ0v) is 17.0. The van der Waals surface area contributed by atoms with E-state index in [0.717, 1.165) is 31.3 Å². The summed E-state index contributed by atoms with van der Waals surface area (Å²) in [6.07, 6.45) is 1.76. The molecule has 0 atom stereocenters. The van der Waals surface area contributed by atoms with Crippen molar-refractivity contribution in [3.8, 4) is 5.75 Å². The topological polar surface area (TPSA) is 93.3 Å². The molecule has 1 aromatic heterocycles. The van der Waals surface area contributed by atoms with Gasteiger partial charge >= 0.3 is 0 Å². The number of nitrogens with zero attached hydrogens (tertiary/aromatic N) is 1. The van der Waals surface area contributed by atoms with Crippen LogP contribution in [0.5, 0.6) is 5.75 Å². The Labute approximate surface area is 173 Å². The SMILES string of the molecule is O=S(=O)(c1cccc2ccccc12)c1[nH]nc2ccc(OOC3CCNCC3)cc12. The molecule has 4 aromatic rings.